The van der Waals surface area contributed by atoms with Crippen molar-refractivity contribution in [3.63, 3.8) is 0 Å². The molecule has 0 bridgehead atoms. The lowest BCUT2D eigenvalue weighted by Crippen LogP contribution is -2.43. The molecular weight excluding hydrogens is 626 g/mol. The van der Waals surface area contributed by atoms with E-state index >= 15 is 0 Å². The Labute approximate surface area is 298 Å². The topological polar surface area (TPSA) is 118 Å². The quantitative estimate of drug-likeness (QED) is 0.0396. The second kappa shape index (κ2) is 29.5. The number of hydrogen-bond donors (Lipinski definition) is 0. The van der Waals surface area contributed by atoms with Crippen LogP contribution < -0.4 is 0 Å². The molecule has 0 N–H and O–H groups in total. The molecule has 1 fully saturated rings. The fourth-order valence-corrected chi connectivity index (χ4v) is 5.96. The summed E-state index contributed by atoms with van der Waals surface area (Å²) in [6.07, 6.45) is 18.3. The van der Waals surface area contributed by atoms with Gasteiger partial charge >= 0.3 is 23.9 Å². The summed E-state index contributed by atoms with van der Waals surface area (Å²) < 4.78 is 29.0. The lowest BCUT2D eigenvalue weighted by atomic mass is 10.1. The summed E-state index contributed by atoms with van der Waals surface area (Å²) >= 11 is 0. The number of esters is 4. The van der Waals surface area contributed by atoms with E-state index in [0.29, 0.717) is 19.3 Å². The number of rotatable bonds is 31. The molecular formula is C39H71NO9. The maximum Gasteiger partial charge on any atom is 0.320 e. The molecule has 0 aromatic carbocycles. The molecule has 4 atom stereocenters. The molecule has 1 aliphatic heterocycles. The first kappa shape index (κ1) is 44.8. The maximum atomic E-state index is 13.1. The van der Waals surface area contributed by atoms with Crippen molar-refractivity contribution >= 4 is 23.9 Å². The van der Waals surface area contributed by atoms with Gasteiger partial charge < -0.3 is 23.7 Å². The number of likely N-dealkylation sites (N-methyl/N-ethyl adjacent to an activating group) is 1. The van der Waals surface area contributed by atoms with Crippen LogP contribution in [0.2, 0.25) is 0 Å². The predicted octanol–water partition coefficient (Wildman–Crippen LogP) is 8.61. The average Bonchev–Trinajstić information content (AvgIpc) is 3.36. The smallest absolute Gasteiger partial charge is 0.320 e. The monoisotopic (exact) mass is 698 g/mol. The van der Waals surface area contributed by atoms with Gasteiger partial charge in [-0.3, -0.25) is 24.1 Å². The number of carbonyl (C=O) groups excluding carboxylic acids is 4. The lowest BCUT2D eigenvalue weighted by Gasteiger charge is -2.24. The number of ether oxygens (including phenoxy) is 5. The van der Waals surface area contributed by atoms with Crippen LogP contribution >= 0.6 is 0 Å². The molecule has 0 amide bonds. The van der Waals surface area contributed by atoms with Crippen LogP contribution in [-0.2, 0) is 42.9 Å². The van der Waals surface area contributed by atoms with Crippen LogP contribution in [0.5, 0.6) is 0 Å². The minimum atomic E-state index is -1.27. The molecule has 0 aliphatic carbocycles. The first-order valence-electron chi connectivity index (χ1n) is 19.8. The summed E-state index contributed by atoms with van der Waals surface area (Å²) in [5.74, 6) is -1.86. The molecule has 49 heavy (non-hydrogen) atoms. The molecule has 0 spiro atoms. The Morgan fingerprint density at radius 2 is 0.857 bits per heavy atom. The zero-order valence-corrected chi connectivity index (χ0v) is 31.8. The van der Waals surface area contributed by atoms with E-state index in [4.69, 9.17) is 23.7 Å². The molecule has 1 aliphatic rings. The van der Waals surface area contributed by atoms with Crippen LogP contribution in [0.25, 0.3) is 0 Å². The van der Waals surface area contributed by atoms with Crippen molar-refractivity contribution in [3.8, 4) is 0 Å². The van der Waals surface area contributed by atoms with Crippen LogP contribution in [0.15, 0.2) is 0 Å². The molecule has 0 radical (unpaired) electrons. The summed E-state index contributed by atoms with van der Waals surface area (Å²) in [5.41, 5.74) is 0. The number of carbonyl (C=O) groups is 4. The Kier molecular flexibility index (Phi) is 27.0. The van der Waals surface area contributed by atoms with Crippen molar-refractivity contribution in [2.75, 3.05) is 27.2 Å². The first-order chi connectivity index (χ1) is 23.7. The SMILES string of the molecule is CCCCCCCCCC(=O)OC1[C@@H](COC(=O)CN(C)C)O[C@@H](OC(=O)CCCCCCCCC)[C@H]1OC(=O)CCCCCCCCC. The second-order valence-electron chi connectivity index (χ2n) is 14.0. The van der Waals surface area contributed by atoms with E-state index in [0.717, 1.165) is 57.8 Å². The van der Waals surface area contributed by atoms with Crippen molar-refractivity contribution < 1.29 is 42.9 Å². The average molecular weight is 698 g/mol. The van der Waals surface area contributed by atoms with E-state index in [1.165, 1.54) is 57.8 Å². The zero-order chi connectivity index (χ0) is 36.1. The second-order valence-corrected chi connectivity index (χ2v) is 14.0. The minimum absolute atomic E-state index is 0.0587. The zero-order valence-electron chi connectivity index (χ0n) is 31.8. The third-order valence-electron chi connectivity index (χ3n) is 8.86. The van der Waals surface area contributed by atoms with Gasteiger partial charge in [0, 0.05) is 19.3 Å². The highest BCUT2D eigenvalue weighted by Crippen LogP contribution is 2.30. The van der Waals surface area contributed by atoms with E-state index in [9.17, 15) is 19.2 Å². The van der Waals surface area contributed by atoms with E-state index in [2.05, 4.69) is 20.8 Å². The van der Waals surface area contributed by atoms with Gasteiger partial charge in [0.15, 0.2) is 6.10 Å². The molecule has 286 valence electrons. The molecule has 0 aromatic heterocycles. The standard InChI is InChI=1S/C39H71NO9/c1-6-9-12-15-18-21-24-27-33(41)47-37-32(31-45-36(44)30-40(4)5)46-39(49-35(43)29-26-23-20-17-14-11-8-3)38(37)48-34(42)28-25-22-19-16-13-10-7-2/h32,37-39H,6-31H2,1-5H3/t32-,37?,38+,39+/m1/s1. The third kappa shape index (κ3) is 23.0. The Bertz CT molecular complexity index is 881. The van der Waals surface area contributed by atoms with Gasteiger partial charge in [-0.05, 0) is 33.4 Å². The van der Waals surface area contributed by atoms with Crippen molar-refractivity contribution in [1.82, 2.24) is 4.90 Å². The van der Waals surface area contributed by atoms with Gasteiger partial charge in [0.05, 0.1) is 6.54 Å². The van der Waals surface area contributed by atoms with Gasteiger partial charge in [0.2, 0.25) is 12.4 Å². The molecule has 1 rings (SSSR count). The normalized spacial score (nSPS) is 18.8. The van der Waals surface area contributed by atoms with Gasteiger partial charge in [-0.25, -0.2) is 0 Å². The van der Waals surface area contributed by atoms with Crippen molar-refractivity contribution in [2.45, 2.75) is 199 Å². The highest BCUT2D eigenvalue weighted by atomic mass is 16.8. The molecule has 10 heteroatoms. The maximum absolute atomic E-state index is 13.1. The van der Waals surface area contributed by atoms with Crippen molar-refractivity contribution in [2.24, 2.45) is 0 Å². The van der Waals surface area contributed by atoms with Gasteiger partial charge in [-0.1, -0.05) is 136 Å². The van der Waals surface area contributed by atoms with Gasteiger partial charge in [-0.15, -0.1) is 0 Å². The fourth-order valence-electron chi connectivity index (χ4n) is 5.96. The van der Waals surface area contributed by atoms with E-state index in [1.807, 2.05) is 0 Å². The fraction of sp³-hybridized carbons (Fsp3) is 0.897. The molecule has 1 heterocycles. The van der Waals surface area contributed by atoms with Crippen LogP contribution in [0.1, 0.15) is 175 Å². The summed E-state index contributed by atoms with van der Waals surface area (Å²) in [6.45, 7) is 6.37. The van der Waals surface area contributed by atoms with Crippen LogP contribution in [0.4, 0.5) is 0 Å². The van der Waals surface area contributed by atoms with Crippen LogP contribution in [-0.4, -0.2) is 80.6 Å². The van der Waals surface area contributed by atoms with Gasteiger partial charge in [0.25, 0.3) is 0 Å². The summed E-state index contributed by atoms with van der Waals surface area (Å²) in [7, 11) is 3.51. The van der Waals surface area contributed by atoms with Crippen LogP contribution in [0.3, 0.4) is 0 Å². The first-order valence-corrected chi connectivity index (χ1v) is 19.8. The Morgan fingerprint density at radius 1 is 0.490 bits per heavy atom. The molecule has 1 saturated heterocycles. The Hall–Kier alpha value is -2.20. The largest absolute Gasteiger partial charge is 0.462 e. The van der Waals surface area contributed by atoms with Gasteiger partial charge in [0.1, 0.15) is 12.7 Å². The lowest BCUT2D eigenvalue weighted by molar-refractivity contribution is -0.200. The summed E-state index contributed by atoms with van der Waals surface area (Å²) in [4.78, 5) is 53.2. The number of unbranched alkanes of at least 4 members (excludes halogenated alkanes) is 18. The van der Waals surface area contributed by atoms with Crippen molar-refractivity contribution in [3.05, 3.63) is 0 Å². The van der Waals surface area contributed by atoms with Crippen molar-refractivity contribution in [1.29, 1.82) is 0 Å². The predicted molar refractivity (Wildman–Crippen MR) is 192 cm³/mol. The van der Waals surface area contributed by atoms with E-state index < -0.39 is 48.5 Å². The Balaban J connectivity index is 2.95. The minimum Gasteiger partial charge on any atom is -0.462 e. The Morgan fingerprint density at radius 3 is 1.27 bits per heavy atom. The molecule has 0 saturated carbocycles. The molecule has 10 nitrogen and oxygen atoms in total. The third-order valence-corrected chi connectivity index (χ3v) is 8.86. The number of nitrogens with zero attached hydrogens (tertiary/aromatic N) is 1. The van der Waals surface area contributed by atoms with Gasteiger partial charge in [-0.2, -0.15) is 0 Å². The highest BCUT2D eigenvalue weighted by molar-refractivity contribution is 5.72. The van der Waals surface area contributed by atoms with Crippen LogP contribution in [0, 0.1) is 0 Å². The molecule has 0 aromatic rings. The summed E-state index contributed by atoms with van der Waals surface area (Å²) in [6, 6.07) is 0. The number of hydrogen-bond acceptors (Lipinski definition) is 10. The molecule has 1 unspecified atom stereocenters. The highest BCUT2D eigenvalue weighted by Gasteiger charge is 2.52. The summed E-state index contributed by atoms with van der Waals surface area (Å²) in [5, 5.41) is 0. The van der Waals surface area contributed by atoms with E-state index in [-0.39, 0.29) is 32.4 Å². The van der Waals surface area contributed by atoms with E-state index in [1.54, 1.807) is 19.0 Å².